The zero-order valence-electron chi connectivity index (χ0n) is 9.22. The molecule has 1 aromatic carbocycles. The second-order valence-corrected chi connectivity index (χ2v) is 4.83. The summed E-state index contributed by atoms with van der Waals surface area (Å²) in [6.07, 6.45) is 1.84. The standard InChI is InChI=1S/C12H15Cl2NO/c1-15-12(5-7-16-8-6-12)9-3-2-4-10(13)11(9)14/h2-4,15H,5-8H2,1H3. The number of hydrogen-bond acceptors (Lipinski definition) is 2. The highest BCUT2D eigenvalue weighted by Gasteiger charge is 2.34. The quantitative estimate of drug-likeness (QED) is 0.881. The Labute approximate surface area is 106 Å². The van der Waals surface area contributed by atoms with Crippen molar-refractivity contribution in [3.05, 3.63) is 33.8 Å². The summed E-state index contributed by atoms with van der Waals surface area (Å²) in [5, 5.41) is 4.64. The molecule has 1 aliphatic rings. The number of nitrogens with one attached hydrogen (secondary N) is 1. The van der Waals surface area contributed by atoms with Crippen molar-refractivity contribution in [1.82, 2.24) is 5.32 Å². The first kappa shape index (κ1) is 12.2. The van der Waals surface area contributed by atoms with Crippen LogP contribution in [0.1, 0.15) is 18.4 Å². The molecule has 0 amide bonds. The molecule has 1 aromatic rings. The van der Waals surface area contributed by atoms with Crippen molar-refractivity contribution in [2.75, 3.05) is 20.3 Å². The fourth-order valence-corrected chi connectivity index (χ4v) is 2.73. The number of halogens is 2. The van der Waals surface area contributed by atoms with Gasteiger partial charge in [0, 0.05) is 18.8 Å². The molecule has 0 aliphatic carbocycles. The lowest BCUT2D eigenvalue weighted by Crippen LogP contribution is -2.45. The Morgan fingerprint density at radius 3 is 2.56 bits per heavy atom. The summed E-state index contributed by atoms with van der Waals surface area (Å²) in [6.45, 7) is 1.51. The second kappa shape index (κ2) is 4.92. The Morgan fingerprint density at radius 2 is 1.94 bits per heavy atom. The van der Waals surface area contributed by atoms with E-state index in [1.165, 1.54) is 0 Å². The Balaban J connectivity index is 2.43. The van der Waals surface area contributed by atoms with Gasteiger partial charge in [-0.3, -0.25) is 0 Å². The van der Waals surface area contributed by atoms with Crippen LogP contribution in [0.2, 0.25) is 10.0 Å². The van der Waals surface area contributed by atoms with E-state index in [2.05, 4.69) is 5.32 Å². The summed E-state index contributed by atoms with van der Waals surface area (Å²) in [5.41, 5.74) is 0.979. The van der Waals surface area contributed by atoms with Gasteiger partial charge < -0.3 is 10.1 Å². The number of hydrogen-bond donors (Lipinski definition) is 1. The Hall–Kier alpha value is -0.280. The average molecular weight is 260 g/mol. The van der Waals surface area contributed by atoms with E-state index in [4.69, 9.17) is 27.9 Å². The highest BCUT2D eigenvalue weighted by molar-refractivity contribution is 6.42. The smallest absolute Gasteiger partial charge is 0.0642 e. The molecule has 0 aromatic heterocycles. The molecule has 88 valence electrons. The lowest BCUT2D eigenvalue weighted by molar-refractivity contribution is 0.0399. The first-order chi connectivity index (χ1) is 7.69. The fourth-order valence-electron chi connectivity index (χ4n) is 2.25. The molecule has 1 heterocycles. The Morgan fingerprint density at radius 1 is 1.25 bits per heavy atom. The minimum absolute atomic E-state index is 0.0970. The van der Waals surface area contributed by atoms with Crippen molar-refractivity contribution in [3.8, 4) is 0 Å². The van der Waals surface area contributed by atoms with Crippen molar-refractivity contribution in [1.29, 1.82) is 0 Å². The van der Waals surface area contributed by atoms with Gasteiger partial charge in [-0.15, -0.1) is 0 Å². The normalized spacial score (nSPS) is 19.7. The third-order valence-corrected chi connectivity index (χ3v) is 4.11. The molecule has 16 heavy (non-hydrogen) atoms. The molecule has 1 saturated heterocycles. The van der Waals surface area contributed by atoms with Gasteiger partial charge in [-0.05, 0) is 31.5 Å². The number of rotatable bonds is 2. The highest BCUT2D eigenvalue weighted by Crippen LogP contribution is 2.38. The van der Waals surface area contributed by atoms with E-state index in [9.17, 15) is 0 Å². The first-order valence-electron chi connectivity index (χ1n) is 5.41. The summed E-state index contributed by atoms with van der Waals surface area (Å²) in [6, 6.07) is 5.80. The fraction of sp³-hybridized carbons (Fsp3) is 0.500. The van der Waals surface area contributed by atoms with E-state index in [0.29, 0.717) is 10.0 Å². The topological polar surface area (TPSA) is 21.3 Å². The number of benzene rings is 1. The molecule has 1 aliphatic heterocycles. The third kappa shape index (κ3) is 2.07. The molecule has 1 fully saturated rings. The molecule has 1 N–H and O–H groups in total. The molecule has 4 heteroatoms. The first-order valence-corrected chi connectivity index (χ1v) is 6.16. The van der Waals surface area contributed by atoms with Crippen LogP contribution in [-0.4, -0.2) is 20.3 Å². The SMILES string of the molecule is CNC1(c2cccc(Cl)c2Cl)CCOCC1. The molecule has 0 saturated carbocycles. The van der Waals surface area contributed by atoms with Crippen LogP contribution < -0.4 is 5.32 Å². The van der Waals surface area contributed by atoms with Crippen molar-refractivity contribution in [2.45, 2.75) is 18.4 Å². The van der Waals surface area contributed by atoms with Crippen LogP contribution in [0, 0.1) is 0 Å². The molecule has 0 atom stereocenters. The van der Waals surface area contributed by atoms with Gasteiger partial charge in [0.15, 0.2) is 0 Å². The summed E-state index contributed by atoms with van der Waals surface area (Å²) in [4.78, 5) is 0. The van der Waals surface area contributed by atoms with Gasteiger partial charge in [0.05, 0.1) is 10.0 Å². The molecule has 0 bridgehead atoms. The summed E-state index contributed by atoms with van der Waals surface area (Å²) in [7, 11) is 1.96. The maximum atomic E-state index is 6.28. The minimum Gasteiger partial charge on any atom is -0.381 e. The molecular weight excluding hydrogens is 245 g/mol. The van der Waals surface area contributed by atoms with Crippen LogP contribution in [0.5, 0.6) is 0 Å². The lowest BCUT2D eigenvalue weighted by Gasteiger charge is -2.38. The maximum absolute atomic E-state index is 6.28. The van der Waals surface area contributed by atoms with Crippen LogP contribution in [0.15, 0.2) is 18.2 Å². The van der Waals surface area contributed by atoms with Crippen molar-refractivity contribution < 1.29 is 4.74 Å². The summed E-state index contributed by atoms with van der Waals surface area (Å²) in [5.74, 6) is 0. The van der Waals surface area contributed by atoms with Gasteiger partial charge in [0.25, 0.3) is 0 Å². The van der Waals surface area contributed by atoms with E-state index in [1.807, 2.05) is 25.2 Å². The second-order valence-electron chi connectivity index (χ2n) is 4.05. The average Bonchev–Trinajstić information content (AvgIpc) is 2.33. The third-order valence-electron chi connectivity index (χ3n) is 3.29. The van der Waals surface area contributed by atoms with Crippen LogP contribution in [0.25, 0.3) is 0 Å². The summed E-state index contributed by atoms with van der Waals surface area (Å²) < 4.78 is 5.40. The van der Waals surface area contributed by atoms with Gasteiger partial charge in [-0.2, -0.15) is 0 Å². The van der Waals surface area contributed by atoms with Gasteiger partial charge >= 0.3 is 0 Å². The van der Waals surface area contributed by atoms with Crippen molar-refractivity contribution in [3.63, 3.8) is 0 Å². The predicted molar refractivity (Wildman–Crippen MR) is 67.3 cm³/mol. The molecule has 2 rings (SSSR count). The van der Waals surface area contributed by atoms with Gasteiger partial charge in [0.2, 0.25) is 0 Å². The zero-order chi connectivity index (χ0) is 11.6. The van der Waals surface area contributed by atoms with E-state index < -0.39 is 0 Å². The molecule has 0 unspecified atom stereocenters. The molecule has 0 radical (unpaired) electrons. The molecular formula is C12H15Cl2NO. The van der Waals surface area contributed by atoms with Crippen molar-refractivity contribution >= 4 is 23.2 Å². The largest absolute Gasteiger partial charge is 0.381 e. The van der Waals surface area contributed by atoms with Crippen LogP contribution in [0.3, 0.4) is 0 Å². The van der Waals surface area contributed by atoms with E-state index >= 15 is 0 Å². The molecule has 0 spiro atoms. The maximum Gasteiger partial charge on any atom is 0.0642 e. The minimum atomic E-state index is -0.0970. The number of ether oxygens (including phenoxy) is 1. The van der Waals surface area contributed by atoms with E-state index in [-0.39, 0.29) is 5.54 Å². The Bertz CT molecular complexity index is 375. The van der Waals surface area contributed by atoms with Crippen LogP contribution in [0.4, 0.5) is 0 Å². The lowest BCUT2D eigenvalue weighted by atomic mass is 9.83. The highest BCUT2D eigenvalue weighted by atomic mass is 35.5. The molecule has 2 nitrogen and oxygen atoms in total. The van der Waals surface area contributed by atoms with Crippen molar-refractivity contribution in [2.24, 2.45) is 0 Å². The van der Waals surface area contributed by atoms with E-state index in [0.717, 1.165) is 31.6 Å². The van der Waals surface area contributed by atoms with Gasteiger partial charge in [-0.1, -0.05) is 35.3 Å². The van der Waals surface area contributed by atoms with Gasteiger partial charge in [0.1, 0.15) is 0 Å². The monoisotopic (exact) mass is 259 g/mol. The van der Waals surface area contributed by atoms with Crippen LogP contribution >= 0.6 is 23.2 Å². The Kier molecular flexibility index (Phi) is 3.75. The summed E-state index contributed by atoms with van der Waals surface area (Å²) >= 11 is 12.3. The van der Waals surface area contributed by atoms with E-state index in [1.54, 1.807) is 0 Å². The predicted octanol–water partition coefficient (Wildman–Crippen LogP) is 3.22. The van der Waals surface area contributed by atoms with Gasteiger partial charge in [-0.25, -0.2) is 0 Å². The zero-order valence-corrected chi connectivity index (χ0v) is 10.7. The van der Waals surface area contributed by atoms with Crippen LogP contribution in [-0.2, 0) is 10.3 Å².